The summed E-state index contributed by atoms with van der Waals surface area (Å²) in [7, 11) is 1.42. The number of benzene rings is 2. The lowest BCUT2D eigenvalue weighted by Crippen LogP contribution is -2.44. The molecule has 2 aromatic carbocycles. The van der Waals surface area contributed by atoms with Crippen LogP contribution >= 0.6 is 15.9 Å². The fourth-order valence-corrected chi connectivity index (χ4v) is 4.74. The Labute approximate surface area is 197 Å². The number of carbonyl (C=O) groups is 1. The molecule has 0 radical (unpaired) electrons. The Balaban J connectivity index is 1.47. The van der Waals surface area contributed by atoms with Crippen LogP contribution in [0.2, 0.25) is 0 Å². The molecule has 0 saturated carbocycles. The topological polar surface area (TPSA) is 79.4 Å². The molecule has 3 heterocycles. The molecule has 0 aliphatic carbocycles. The quantitative estimate of drug-likeness (QED) is 0.534. The van der Waals surface area contributed by atoms with E-state index in [0.717, 1.165) is 25.2 Å². The van der Waals surface area contributed by atoms with Crippen LogP contribution in [0.5, 0.6) is 5.75 Å². The van der Waals surface area contributed by atoms with E-state index in [1.54, 1.807) is 12.1 Å². The van der Waals surface area contributed by atoms with Gasteiger partial charge in [-0.2, -0.15) is 0 Å². The van der Waals surface area contributed by atoms with Gasteiger partial charge in [-0.15, -0.1) is 0 Å². The second-order valence-corrected chi connectivity index (χ2v) is 8.82. The average molecular weight is 516 g/mol. The Hall–Kier alpha value is -3.11. The number of methoxy groups -OCH3 is 1. The Morgan fingerprint density at radius 2 is 2.12 bits per heavy atom. The molecule has 0 spiro atoms. The van der Waals surface area contributed by atoms with Crippen LogP contribution in [0.1, 0.15) is 16.9 Å². The van der Waals surface area contributed by atoms with E-state index in [4.69, 9.17) is 4.74 Å². The summed E-state index contributed by atoms with van der Waals surface area (Å²) in [5, 5.41) is 6.21. The lowest BCUT2D eigenvalue weighted by molar-refractivity contribution is 0.102. The summed E-state index contributed by atoms with van der Waals surface area (Å²) >= 11 is 3.25. The number of hydrogen-bond donors (Lipinski definition) is 2. The van der Waals surface area contributed by atoms with Gasteiger partial charge in [-0.1, -0.05) is 6.07 Å². The van der Waals surface area contributed by atoms with Gasteiger partial charge in [0.1, 0.15) is 23.1 Å². The van der Waals surface area contributed by atoms with Crippen LogP contribution in [0.25, 0.3) is 11.4 Å². The highest BCUT2D eigenvalue weighted by Gasteiger charge is 2.38. The number of carbonyl (C=O) groups excluding carboxylic acids is 1. The molecule has 5 rings (SSSR count). The van der Waals surface area contributed by atoms with Crippen LogP contribution in [-0.4, -0.2) is 48.2 Å². The summed E-state index contributed by atoms with van der Waals surface area (Å²) in [5.74, 6) is -1.34. The van der Waals surface area contributed by atoms with E-state index in [-0.39, 0.29) is 28.9 Å². The predicted molar refractivity (Wildman–Crippen MR) is 124 cm³/mol. The summed E-state index contributed by atoms with van der Waals surface area (Å²) in [4.78, 5) is 23.6. The first-order valence-corrected chi connectivity index (χ1v) is 11.2. The molecule has 2 aliphatic rings. The molecular weight excluding hydrogens is 496 g/mol. The number of nitrogens with zero attached hydrogens (tertiary/aromatic N) is 3. The van der Waals surface area contributed by atoms with Gasteiger partial charge in [0.25, 0.3) is 5.91 Å². The van der Waals surface area contributed by atoms with E-state index in [2.05, 4.69) is 41.4 Å². The van der Waals surface area contributed by atoms with Gasteiger partial charge < -0.3 is 20.3 Å². The fourth-order valence-electron chi connectivity index (χ4n) is 4.41. The third kappa shape index (κ3) is 4.04. The smallest absolute Gasteiger partial charge is 0.274 e. The zero-order valence-corrected chi connectivity index (χ0v) is 19.2. The molecule has 2 N–H and O–H groups in total. The zero-order valence-electron chi connectivity index (χ0n) is 17.6. The number of halogens is 3. The Bertz CT molecular complexity index is 1240. The number of anilines is 2. The molecule has 0 unspecified atom stereocenters. The van der Waals surface area contributed by atoms with Gasteiger partial charge in [0, 0.05) is 37.4 Å². The molecule has 10 heteroatoms. The maximum atomic E-state index is 14.5. The number of piperazine rings is 1. The minimum absolute atomic E-state index is 0.0164. The van der Waals surface area contributed by atoms with E-state index in [1.165, 1.54) is 37.6 Å². The first-order chi connectivity index (χ1) is 15.9. The standard InChI is InChI=1S/C23H20BrF2N5O2/c1-33-20-4-2-3-15(25)21(20)22-27-6-5-17(29-22)23(32)30-18-9-16(26)14(24)8-19(18)31-11-12-7-13(31)10-28-12/h2-6,8-9,12-13,28H,7,10-11H2,1H3,(H,30,32)/t12-,13-/m0/s1. The Morgan fingerprint density at radius 1 is 1.27 bits per heavy atom. The normalized spacial score (nSPS) is 19.1. The van der Waals surface area contributed by atoms with Gasteiger partial charge in [-0.25, -0.2) is 18.7 Å². The first kappa shape index (κ1) is 21.7. The first-order valence-electron chi connectivity index (χ1n) is 10.4. The van der Waals surface area contributed by atoms with Crippen molar-refractivity contribution < 1.29 is 18.3 Å². The summed E-state index contributed by atoms with van der Waals surface area (Å²) in [6.07, 6.45) is 2.37. The molecule has 1 aromatic heterocycles. The van der Waals surface area contributed by atoms with E-state index >= 15 is 0 Å². The Kier molecular flexibility index (Phi) is 5.71. The van der Waals surface area contributed by atoms with Gasteiger partial charge in [0.15, 0.2) is 5.82 Å². The second-order valence-electron chi connectivity index (χ2n) is 7.97. The van der Waals surface area contributed by atoms with Crippen molar-refractivity contribution in [2.75, 3.05) is 30.4 Å². The molecule has 7 nitrogen and oxygen atoms in total. The lowest BCUT2D eigenvalue weighted by Gasteiger charge is -2.31. The molecule has 3 aromatic rings. The largest absolute Gasteiger partial charge is 0.496 e. The summed E-state index contributed by atoms with van der Waals surface area (Å²) < 4.78 is 34.4. The molecule has 2 atom stereocenters. The van der Waals surface area contributed by atoms with Crippen LogP contribution in [-0.2, 0) is 0 Å². The van der Waals surface area contributed by atoms with Crippen LogP contribution in [0.4, 0.5) is 20.2 Å². The molecule has 2 fully saturated rings. The van der Waals surface area contributed by atoms with E-state index in [0.29, 0.717) is 16.2 Å². The van der Waals surface area contributed by atoms with Gasteiger partial charge in [-0.3, -0.25) is 4.79 Å². The van der Waals surface area contributed by atoms with Crippen LogP contribution in [0, 0.1) is 11.6 Å². The van der Waals surface area contributed by atoms with Crippen molar-refractivity contribution in [1.82, 2.24) is 15.3 Å². The third-order valence-electron chi connectivity index (χ3n) is 5.96. The maximum Gasteiger partial charge on any atom is 0.274 e. The maximum absolute atomic E-state index is 14.5. The van der Waals surface area contributed by atoms with Crippen molar-refractivity contribution in [3.05, 3.63) is 64.4 Å². The predicted octanol–water partition coefficient (Wildman–Crippen LogP) is 4.00. The number of hydrogen-bond acceptors (Lipinski definition) is 6. The van der Waals surface area contributed by atoms with Crippen molar-refractivity contribution in [3.63, 3.8) is 0 Å². The van der Waals surface area contributed by atoms with Crippen LogP contribution < -0.4 is 20.3 Å². The van der Waals surface area contributed by atoms with Crippen molar-refractivity contribution in [1.29, 1.82) is 0 Å². The van der Waals surface area contributed by atoms with Crippen LogP contribution in [0.15, 0.2) is 47.1 Å². The minimum atomic E-state index is -0.568. The van der Waals surface area contributed by atoms with Crippen molar-refractivity contribution >= 4 is 33.2 Å². The summed E-state index contributed by atoms with van der Waals surface area (Å²) in [5.41, 5.74) is 1.15. The number of fused-ring (bicyclic) bond motifs is 2. The van der Waals surface area contributed by atoms with Gasteiger partial charge in [0.2, 0.25) is 0 Å². The summed E-state index contributed by atoms with van der Waals surface area (Å²) in [6, 6.07) is 9.42. The number of aromatic nitrogens is 2. The van der Waals surface area contributed by atoms with E-state index in [1.807, 2.05) is 0 Å². The van der Waals surface area contributed by atoms with Crippen molar-refractivity contribution in [2.45, 2.75) is 18.5 Å². The minimum Gasteiger partial charge on any atom is -0.496 e. The van der Waals surface area contributed by atoms with E-state index in [9.17, 15) is 13.6 Å². The average Bonchev–Trinajstić information content (AvgIpc) is 3.45. The third-order valence-corrected chi connectivity index (χ3v) is 6.57. The highest BCUT2D eigenvalue weighted by molar-refractivity contribution is 9.10. The fraction of sp³-hybridized carbons (Fsp3) is 0.261. The second kappa shape index (κ2) is 8.68. The summed E-state index contributed by atoms with van der Waals surface area (Å²) in [6.45, 7) is 1.61. The molecule has 33 heavy (non-hydrogen) atoms. The molecule has 2 bridgehead atoms. The highest BCUT2D eigenvalue weighted by Crippen LogP contribution is 2.38. The van der Waals surface area contributed by atoms with Crippen LogP contribution in [0.3, 0.4) is 0 Å². The zero-order chi connectivity index (χ0) is 23.1. The lowest BCUT2D eigenvalue weighted by atomic mass is 10.1. The Morgan fingerprint density at radius 3 is 2.85 bits per heavy atom. The molecular formula is C23H20BrF2N5O2. The molecule has 1 amide bonds. The van der Waals surface area contributed by atoms with Gasteiger partial charge in [-0.05, 0) is 46.6 Å². The number of ether oxygens (including phenoxy) is 1. The SMILES string of the molecule is COc1cccc(F)c1-c1nccc(C(=O)Nc2cc(F)c(Br)cc2N2C[C@@H]3C[C@H]2CN3)n1. The van der Waals surface area contributed by atoms with Crippen molar-refractivity contribution in [2.24, 2.45) is 0 Å². The highest BCUT2D eigenvalue weighted by atomic mass is 79.9. The monoisotopic (exact) mass is 515 g/mol. The van der Waals surface area contributed by atoms with Gasteiger partial charge >= 0.3 is 0 Å². The number of rotatable bonds is 5. The molecule has 170 valence electrons. The van der Waals surface area contributed by atoms with Gasteiger partial charge in [0.05, 0.1) is 28.5 Å². The van der Waals surface area contributed by atoms with E-state index < -0.39 is 17.5 Å². The number of amides is 1. The van der Waals surface area contributed by atoms with Crippen molar-refractivity contribution in [3.8, 4) is 17.1 Å². The number of nitrogens with one attached hydrogen (secondary N) is 2. The molecule has 2 aliphatic heterocycles. The molecule has 2 saturated heterocycles.